The smallest absolute Gasteiger partial charge is 0.152 e. The summed E-state index contributed by atoms with van der Waals surface area (Å²) in [5, 5.41) is 4.15. The summed E-state index contributed by atoms with van der Waals surface area (Å²) in [6.07, 6.45) is 5.07. The van der Waals surface area contributed by atoms with Crippen molar-refractivity contribution in [2.45, 2.75) is 26.8 Å². The molecule has 0 aromatic carbocycles. The van der Waals surface area contributed by atoms with Gasteiger partial charge in [0.2, 0.25) is 0 Å². The van der Waals surface area contributed by atoms with E-state index in [1.54, 1.807) is 18.3 Å². The van der Waals surface area contributed by atoms with Crippen molar-refractivity contribution in [2.24, 2.45) is 0 Å². The van der Waals surface area contributed by atoms with Gasteiger partial charge in [-0.1, -0.05) is 0 Å². The van der Waals surface area contributed by atoms with Crippen LogP contribution in [0.2, 0.25) is 0 Å². The molecule has 1 rings (SSSR count). The number of allylic oxidation sites excluding steroid dienone is 1. The normalized spacial score (nSPS) is 11.4. The molecule has 1 aromatic rings. The van der Waals surface area contributed by atoms with Crippen molar-refractivity contribution >= 4 is 11.9 Å². The molecule has 0 saturated carbocycles. The summed E-state index contributed by atoms with van der Waals surface area (Å²) in [6.45, 7) is 5.64. The number of hydrogen-bond donors (Lipinski definition) is 0. The molecule has 3 heteroatoms. The largest absolute Gasteiger partial charge is 0.295 e. The Bertz CT molecular complexity index is 323. The number of aromatic nitrogens is 2. The molecule has 0 aliphatic heterocycles. The summed E-state index contributed by atoms with van der Waals surface area (Å²) in [6, 6.07) is 2.21. The van der Waals surface area contributed by atoms with E-state index >= 15 is 0 Å². The van der Waals surface area contributed by atoms with E-state index in [4.69, 9.17) is 0 Å². The second-order valence-electron chi connectivity index (χ2n) is 3.24. The highest BCUT2D eigenvalue weighted by Crippen LogP contribution is 2.09. The summed E-state index contributed by atoms with van der Waals surface area (Å²) in [5.41, 5.74) is 0.963. The van der Waals surface area contributed by atoms with Gasteiger partial charge in [-0.25, -0.2) is 0 Å². The summed E-state index contributed by atoms with van der Waals surface area (Å²) in [4.78, 5) is 10.7. The van der Waals surface area contributed by atoms with Gasteiger partial charge in [0.25, 0.3) is 0 Å². The van der Waals surface area contributed by atoms with E-state index in [-0.39, 0.29) is 5.78 Å². The molecule has 0 bridgehead atoms. The zero-order valence-corrected chi connectivity index (χ0v) is 8.19. The molecular weight excluding hydrogens is 164 g/mol. The third-order valence-corrected chi connectivity index (χ3v) is 1.68. The molecule has 0 aliphatic carbocycles. The van der Waals surface area contributed by atoms with Crippen molar-refractivity contribution < 1.29 is 4.79 Å². The molecule has 0 fully saturated rings. The lowest BCUT2D eigenvalue weighted by molar-refractivity contribution is -0.112. The van der Waals surface area contributed by atoms with E-state index in [0.29, 0.717) is 6.04 Å². The molecule has 1 heterocycles. The minimum absolute atomic E-state index is 0.0523. The van der Waals surface area contributed by atoms with Gasteiger partial charge in [-0.15, -0.1) is 0 Å². The number of hydrogen-bond acceptors (Lipinski definition) is 2. The summed E-state index contributed by atoms with van der Waals surface area (Å²) < 4.78 is 1.87. The average Bonchev–Trinajstić information content (AvgIpc) is 2.47. The lowest BCUT2D eigenvalue weighted by Gasteiger charge is -2.07. The lowest BCUT2D eigenvalue weighted by atomic mass is 10.3. The van der Waals surface area contributed by atoms with Crippen LogP contribution in [0.15, 0.2) is 18.3 Å². The molecule has 0 unspecified atom stereocenters. The van der Waals surface area contributed by atoms with E-state index in [0.717, 1.165) is 5.69 Å². The SMILES string of the molecule is CC(=O)/C=C/c1ccnn1C(C)C. The molecular formula is C10H14N2O. The van der Waals surface area contributed by atoms with Crippen molar-refractivity contribution in [2.75, 3.05) is 0 Å². The van der Waals surface area contributed by atoms with Gasteiger partial charge in [0.1, 0.15) is 0 Å². The summed E-state index contributed by atoms with van der Waals surface area (Å²) in [7, 11) is 0. The van der Waals surface area contributed by atoms with Crippen LogP contribution in [0.1, 0.15) is 32.5 Å². The van der Waals surface area contributed by atoms with Gasteiger partial charge in [-0.3, -0.25) is 9.48 Å². The van der Waals surface area contributed by atoms with Crippen molar-refractivity contribution in [3.05, 3.63) is 24.0 Å². The van der Waals surface area contributed by atoms with Gasteiger partial charge in [0.05, 0.1) is 5.69 Å². The van der Waals surface area contributed by atoms with Crippen molar-refractivity contribution in [3.8, 4) is 0 Å². The summed E-state index contributed by atoms with van der Waals surface area (Å²) in [5.74, 6) is 0.0523. The number of rotatable bonds is 3. The van der Waals surface area contributed by atoms with Gasteiger partial charge in [-0.05, 0) is 39.0 Å². The molecule has 0 saturated heterocycles. The predicted octanol–water partition coefficient (Wildman–Crippen LogP) is 2.07. The topological polar surface area (TPSA) is 34.9 Å². The second kappa shape index (κ2) is 4.03. The Labute approximate surface area is 78.1 Å². The van der Waals surface area contributed by atoms with Crippen LogP contribution in [0.4, 0.5) is 0 Å². The zero-order chi connectivity index (χ0) is 9.84. The third-order valence-electron chi connectivity index (χ3n) is 1.68. The average molecular weight is 178 g/mol. The highest BCUT2D eigenvalue weighted by Gasteiger charge is 2.01. The molecule has 0 amide bonds. The van der Waals surface area contributed by atoms with Crippen molar-refractivity contribution in [1.82, 2.24) is 9.78 Å². The number of carbonyl (C=O) groups is 1. The Morgan fingerprint density at radius 1 is 1.62 bits per heavy atom. The maximum absolute atomic E-state index is 10.7. The van der Waals surface area contributed by atoms with Crippen LogP contribution in [0, 0.1) is 0 Å². The van der Waals surface area contributed by atoms with E-state index in [9.17, 15) is 4.79 Å². The van der Waals surface area contributed by atoms with Gasteiger partial charge in [-0.2, -0.15) is 5.10 Å². The fraction of sp³-hybridized carbons (Fsp3) is 0.400. The van der Waals surface area contributed by atoms with Crippen LogP contribution in [0.5, 0.6) is 0 Å². The van der Waals surface area contributed by atoms with Crippen LogP contribution in [0.3, 0.4) is 0 Å². The fourth-order valence-corrected chi connectivity index (χ4v) is 1.09. The Kier molecular flexibility index (Phi) is 3.01. The first-order valence-corrected chi connectivity index (χ1v) is 4.33. The van der Waals surface area contributed by atoms with Gasteiger partial charge >= 0.3 is 0 Å². The summed E-state index contributed by atoms with van der Waals surface area (Å²) >= 11 is 0. The first-order valence-electron chi connectivity index (χ1n) is 4.33. The molecule has 1 aromatic heterocycles. The van der Waals surface area contributed by atoms with Crippen molar-refractivity contribution in [3.63, 3.8) is 0 Å². The molecule has 3 nitrogen and oxygen atoms in total. The third kappa shape index (κ3) is 2.54. The Morgan fingerprint density at radius 3 is 2.85 bits per heavy atom. The van der Waals surface area contributed by atoms with Crippen molar-refractivity contribution in [1.29, 1.82) is 0 Å². The molecule has 0 atom stereocenters. The van der Waals surface area contributed by atoms with E-state index in [1.807, 2.05) is 10.7 Å². The minimum Gasteiger partial charge on any atom is -0.295 e. The first kappa shape index (κ1) is 9.71. The van der Waals surface area contributed by atoms with Gasteiger partial charge in [0.15, 0.2) is 5.78 Å². The first-order chi connectivity index (χ1) is 6.11. The number of carbonyl (C=O) groups excluding carboxylic acids is 1. The maximum atomic E-state index is 10.7. The molecule has 0 aliphatic rings. The second-order valence-corrected chi connectivity index (χ2v) is 3.24. The van der Waals surface area contributed by atoms with Crippen LogP contribution >= 0.6 is 0 Å². The molecule has 13 heavy (non-hydrogen) atoms. The lowest BCUT2D eigenvalue weighted by Crippen LogP contribution is -2.04. The Morgan fingerprint density at radius 2 is 2.31 bits per heavy atom. The van der Waals surface area contributed by atoms with E-state index in [1.165, 1.54) is 6.92 Å². The molecule has 0 radical (unpaired) electrons. The monoisotopic (exact) mass is 178 g/mol. The molecule has 70 valence electrons. The maximum Gasteiger partial charge on any atom is 0.152 e. The van der Waals surface area contributed by atoms with Gasteiger partial charge < -0.3 is 0 Å². The highest BCUT2D eigenvalue weighted by atomic mass is 16.1. The quantitative estimate of drug-likeness (QED) is 0.664. The zero-order valence-electron chi connectivity index (χ0n) is 8.19. The van der Waals surface area contributed by atoms with Crippen LogP contribution < -0.4 is 0 Å². The highest BCUT2D eigenvalue weighted by molar-refractivity contribution is 5.91. The Balaban J connectivity index is 2.88. The molecule has 0 spiro atoms. The predicted molar refractivity (Wildman–Crippen MR) is 52.3 cm³/mol. The number of ketones is 1. The standard InChI is InChI=1S/C10H14N2O/c1-8(2)12-10(6-7-11-12)5-4-9(3)13/h4-8H,1-3H3/b5-4+. The molecule has 0 N–H and O–H groups in total. The Hall–Kier alpha value is -1.38. The van der Waals surface area contributed by atoms with Crippen LogP contribution in [0.25, 0.3) is 6.08 Å². The number of nitrogens with zero attached hydrogens (tertiary/aromatic N) is 2. The van der Waals surface area contributed by atoms with Crippen LogP contribution in [-0.2, 0) is 4.79 Å². The fourth-order valence-electron chi connectivity index (χ4n) is 1.09. The van der Waals surface area contributed by atoms with Gasteiger partial charge in [0, 0.05) is 12.2 Å². The van der Waals surface area contributed by atoms with Crippen LogP contribution in [-0.4, -0.2) is 15.6 Å². The van der Waals surface area contributed by atoms with E-state index < -0.39 is 0 Å². The van der Waals surface area contributed by atoms with E-state index in [2.05, 4.69) is 18.9 Å². The minimum atomic E-state index is 0.0523.